The molecule has 1 fully saturated rings. The Balaban J connectivity index is 1.49. The number of carbonyl (C=O) groups is 2. The molecule has 0 bridgehead atoms. The number of carbonyl (C=O) groups excluding carboxylic acids is 2. The zero-order chi connectivity index (χ0) is 20.8. The van der Waals surface area contributed by atoms with E-state index in [9.17, 15) is 9.59 Å². The molecule has 2 aromatic rings. The van der Waals surface area contributed by atoms with Crippen molar-refractivity contribution in [3.8, 4) is 0 Å². The fraction of sp³-hybridized carbons (Fsp3) is 0.417. The van der Waals surface area contributed by atoms with Gasteiger partial charge in [-0.25, -0.2) is 0 Å². The van der Waals surface area contributed by atoms with Crippen LogP contribution in [0.3, 0.4) is 0 Å². The standard InChI is InChI=1S/C24H31N3O2/c1-17-9-10-18(2)20(13-17)15-24(29)25-19(3)14-23(28)26-21-7-6-8-22(16-21)27-11-4-5-12-27/h6-10,13,16,19H,4-5,11-12,14-15H2,1-3H3,(H,25,29)(H,26,28). The van der Waals surface area contributed by atoms with Gasteiger partial charge in [-0.2, -0.15) is 0 Å². The van der Waals surface area contributed by atoms with Crippen LogP contribution in [-0.2, 0) is 16.0 Å². The Morgan fingerprint density at radius 2 is 1.79 bits per heavy atom. The lowest BCUT2D eigenvalue weighted by atomic mass is 10.0. The SMILES string of the molecule is Cc1ccc(C)c(CC(=O)NC(C)CC(=O)Nc2cccc(N3CCCC3)c2)c1. The van der Waals surface area contributed by atoms with Crippen molar-refractivity contribution in [3.63, 3.8) is 0 Å². The summed E-state index contributed by atoms with van der Waals surface area (Å²) < 4.78 is 0. The molecule has 1 aliphatic rings. The van der Waals surface area contributed by atoms with Crippen molar-refractivity contribution in [3.05, 3.63) is 59.2 Å². The van der Waals surface area contributed by atoms with E-state index in [1.54, 1.807) is 0 Å². The summed E-state index contributed by atoms with van der Waals surface area (Å²) in [6.07, 6.45) is 3.01. The summed E-state index contributed by atoms with van der Waals surface area (Å²) in [4.78, 5) is 27.1. The number of hydrogen-bond donors (Lipinski definition) is 2. The van der Waals surface area contributed by atoms with E-state index in [4.69, 9.17) is 0 Å². The lowest BCUT2D eigenvalue weighted by Crippen LogP contribution is -2.36. The fourth-order valence-corrected chi connectivity index (χ4v) is 3.79. The van der Waals surface area contributed by atoms with Gasteiger partial charge in [0, 0.05) is 36.9 Å². The Bertz CT molecular complexity index is 872. The average molecular weight is 394 g/mol. The minimum absolute atomic E-state index is 0.0602. The monoisotopic (exact) mass is 393 g/mol. The zero-order valence-corrected chi connectivity index (χ0v) is 17.6. The Labute approximate surface area is 173 Å². The lowest BCUT2D eigenvalue weighted by Gasteiger charge is -2.19. The average Bonchev–Trinajstić information content (AvgIpc) is 3.19. The van der Waals surface area contributed by atoms with E-state index >= 15 is 0 Å². The fourth-order valence-electron chi connectivity index (χ4n) is 3.79. The summed E-state index contributed by atoms with van der Waals surface area (Å²) in [5.74, 6) is -0.155. The normalized spacial score (nSPS) is 14.5. The summed E-state index contributed by atoms with van der Waals surface area (Å²) in [6, 6.07) is 13.9. The van der Waals surface area contributed by atoms with Crippen LogP contribution in [0.15, 0.2) is 42.5 Å². The van der Waals surface area contributed by atoms with Crippen LogP contribution >= 0.6 is 0 Å². The predicted octanol–water partition coefficient (Wildman–Crippen LogP) is 3.98. The molecular formula is C24H31N3O2. The predicted molar refractivity (Wildman–Crippen MR) is 118 cm³/mol. The van der Waals surface area contributed by atoms with Crippen LogP contribution in [0.1, 0.15) is 42.9 Å². The Kier molecular flexibility index (Phi) is 6.91. The molecule has 1 heterocycles. The van der Waals surface area contributed by atoms with E-state index in [2.05, 4.69) is 21.6 Å². The summed E-state index contributed by atoms with van der Waals surface area (Å²) in [5.41, 5.74) is 5.22. The van der Waals surface area contributed by atoms with Crippen molar-refractivity contribution >= 4 is 23.2 Å². The number of hydrogen-bond acceptors (Lipinski definition) is 3. The molecule has 0 saturated carbocycles. The molecule has 29 heavy (non-hydrogen) atoms. The van der Waals surface area contributed by atoms with Gasteiger partial charge in [0.15, 0.2) is 0 Å². The van der Waals surface area contributed by atoms with E-state index in [0.29, 0.717) is 6.42 Å². The summed E-state index contributed by atoms with van der Waals surface area (Å²) in [7, 11) is 0. The third-order valence-corrected chi connectivity index (χ3v) is 5.36. The largest absolute Gasteiger partial charge is 0.371 e. The zero-order valence-electron chi connectivity index (χ0n) is 17.6. The van der Waals surface area contributed by atoms with Gasteiger partial charge in [0.05, 0.1) is 6.42 Å². The maximum Gasteiger partial charge on any atom is 0.226 e. The molecule has 5 heteroatoms. The van der Waals surface area contributed by atoms with Crippen LogP contribution < -0.4 is 15.5 Å². The van der Waals surface area contributed by atoms with Crippen LogP contribution in [-0.4, -0.2) is 30.9 Å². The molecule has 2 N–H and O–H groups in total. The third kappa shape index (κ3) is 6.08. The van der Waals surface area contributed by atoms with Gasteiger partial charge in [-0.3, -0.25) is 9.59 Å². The number of nitrogens with one attached hydrogen (secondary N) is 2. The van der Waals surface area contributed by atoms with E-state index in [1.165, 1.54) is 12.8 Å². The molecule has 0 aliphatic carbocycles. The van der Waals surface area contributed by atoms with Crippen LogP contribution in [0.25, 0.3) is 0 Å². The molecule has 2 amide bonds. The molecule has 1 aliphatic heterocycles. The smallest absolute Gasteiger partial charge is 0.226 e. The number of anilines is 2. The van der Waals surface area contributed by atoms with Crippen molar-refractivity contribution in [1.82, 2.24) is 5.32 Å². The summed E-state index contributed by atoms with van der Waals surface area (Å²) in [5, 5.41) is 5.90. The maximum absolute atomic E-state index is 12.4. The molecule has 1 unspecified atom stereocenters. The molecule has 0 spiro atoms. The van der Waals surface area contributed by atoms with E-state index in [1.807, 2.05) is 57.2 Å². The number of aryl methyl sites for hydroxylation is 2. The van der Waals surface area contributed by atoms with Crippen molar-refractivity contribution in [2.75, 3.05) is 23.3 Å². The van der Waals surface area contributed by atoms with Gasteiger partial charge >= 0.3 is 0 Å². The third-order valence-electron chi connectivity index (χ3n) is 5.36. The molecule has 3 rings (SSSR count). The molecule has 0 radical (unpaired) electrons. The molecular weight excluding hydrogens is 362 g/mol. The highest BCUT2D eigenvalue weighted by Crippen LogP contribution is 2.23. The molecule has 1 atom stereocenters. The van der Waals surface area contributed by atoms with E-state index < -0.39 is 0 Å². The molecule has 0 aromatic heterocycles. The number of benzene rings is 2. The molecule has 2 aromatic carbocycles. The second-order valence-electron chi connectivity index (χ2n) is 8.07. The highest BCUT2D eigenvalue weighted by Gasteiger charge is 2.15. The second-order valence-corrected chi connectivity index (χ2v) is 8.07. The minimum atomic E-state index is -0.227. The van der Waals surface area contributed by atoms with Crippen LogP contribution in [0.4, 0.5) is 11.4 Å². The number of amides is 2. The minimum Gasteiger partial charge on any atom is -0.371 e. The van der Waals surface area contributed by atoms with Gasteiger partial charge in [-0.1, -0.05) is 29.8 Å². The first-order valence-corrected chi connectivity index (χ1v) is 10.4. The van der Waals surface area contributed by atoms with Gasteiger partial charge in [-0.15, -0.1) is 0 Å². The molecule has 1 saturated heterocycles. The first kappa shape index (κ1) is 20.9. The number of rotatable bonds is 7. The summed E-state index contributed by atoms with van der Waals surface area (Å²) in [6.45, 7) is 8.03. The Morgan fingerprint density at radius 1 is 1.03 bits per heavy atom. The van der Waals surface area contributed by atoms with Crippen LogP contribution in [0, 0.1) is 13.8 Å². The molecule has 154 valence electrons. The molecule has 5 nitrogen and oxygen atoms in total. The van der Waals surface area contributed by atoms with E-state index in [-0.39, 0.29) is 24.3 Å². The van der Waals surface area contributed by atoms with Crippen LogP contribution in [0.5, 0.6) is 0 Å². The highest BCUT2D eigenvalue weighted by molar-refractivity contribution is 5.92. The maximum atomic E-state index is 12.4. The Morgan fingerprint density at radius 3 is 2.55 bits per heavy atom. The summed E-state index contributed by atoms with van der Waals surface area (Å²) >= 11 is 0. The van der Waals surface area contributed by atoms with Crippen molar-refractivity contribution < 1.29 is 9.59 Å². The topological polar surface area (TPSA) is 61.4 Å². The lowest BCUT2D eigenvalue weighted by molar-refractivity contribution is -0.121. The van der Waals surface area contributed by atoms with Crippen LogP contribution in [0.2, 0.25) is 0 Å². The first-order valence-electron chi connectivity index (χ1n) is 10.4. The number of nitrogens with zero attached hydrogens (tertiary/aromatic N) is 1. The first-order chi connectivity index (χ1) is 13.9. The Hall–Kier alpha value is -2.82. The highest BCUT2D eigenvalue weighted by atomic mass is 16.2. The van der Waals surface area contributed by atoms with Gasteiger partial charge in [0.2, 0.25) is 11.8 Å². The van der Waals surface area contributed by atoms with Gasteiger partial charge in [-0.05, 0) is 62.9 Å². The van der Waals surface area contributed by atoms with E-state index in [0.717, 1.165) is 41.2 Å². The van der Waals surface area contributed by atoms with Gasteiger partial charge in [0.25, 0.3) is 0 Å². The van der Waals surface area contributed by atoms with Crippen molar-refractivity contribution in [2.24, 2.45) is 0 Å². The second kappa shape index (κ2) is 9.59. The van der Waals surface area contributed by atoms with Gasteiger partial charge < -0.3 is 15.5 Å². The van der Waals surface area contributed by atoms with Gasteiger partial charge in [0.1, 0.15) is 0 Å². The van der Waals surface area contributed by atoms with Crippen molar-refractivity contribution in [2.45, 2.75) is 52.5 Å². The quantitative estimate of drug-likeness (QED) is 0.748. The van der Waals surface area contributed by atoms with Crippen molar-refractivity contribution in [1.29, 1.82) is 0 Å².